The number of amides is 1. The molecule has 0 saturated carbocycles. The molecule has 0 atom stereocenters. The third-order valence-corrected chi connectivity index (χ3v) is 9.45. The van der Waals surface area contributed by atoms with Gasteiger partial charge in [-0.3, -0.25) is 13.8 Å². The molecule has 0 aromatic heterocycles. The molecule has 4 rings (SSSR count). The summed E-state index contributed by atoms with van der Waals surface area (Å²) in [5.41, 5.74) is -1.31. The van der Waals surface area contributed by atoms with Crippen LogP contribution in [0.5, 0.6) is 5.75 Å². The Bertz CT molecular complexity index is 1840. The molecular formula is C28H23ClF3N3O6S2. The number of halogens is 4. The SMILES string of the molecule is COc1ccccc1N(CC(=O)Nc1ccc(S(=O)(=O)Nc2ccc(Cl)c(C(F)(F)F)c2)cc1)S(=O)(=O)c1ccccc1. The summed E-state index contributed by atoms with van der Waals surface area (Å²) in [4.78, 5) is 12.7. The Hall–Kier alpha value is -4.27. The first-order valence-electron chi connectivity index (χ1n) is 12.2. The van der Waals surface area contributed by atoms with Gasteiger partial charge in [-0.05, 0) is 66.7 Å². The summed E-state index contributed by atoms with van der Waals surface area (Å²) < 4.78 is 100. The fourth-order valence-corrected chi connectivity index (χ4v) is 6.65. The number of carbonyl (C=O) groups excluding carboxylic acids is 1. The predicted molar refractivity (Wildman–Crippen MR) is 156 cm³/mol. The Morgan fingerprint density at radius 2 is 1.44 bits per heavy atom. The van der Waals surface area contributed by atoms with Crippen LogP contribution in [0, 0.1) is 0 Å². The van der Waals surface area contributed by atoms with Crippen LogP contribution < -0.4 is 19.1 Å². The number of ether oxygens (including phenoxy) is 1. The quantitative estimate of drug-likeness (QED) is 0.217. The number of methoxy groups -OCH3 is 1. The molecule has 0 unspecified atom stereocenters. The molecule has 4 aromatic rings. The first-order chi connectivity index (χ1) is 20.2. The zero-order valence-electron chi connectivity index (χ0n) is 22.2. The number of hydrogen-bond acceptors (Lipinski definition) is 6. The van der Waals surface area contributed by atoms with Crippen LogP contribution in [-0.2, 0) is 31.0 Å². The average molecular weight is 654 g/mol. The lowest BCUT2D eigenvalue weighted by atomic mass is 10.2. The predicted octanol–water partition coefficient (Wildman–Crippen LogP) is 6.00. The highest BCUT2D eigenvalue weighted by molar-refractivity contribution is 7.93. The number of rotatable bonds is 10. The highest BCUT2D eigenvalue weighted by Gasteiger charge is 2.34. The van der Waals surface area contributed by atoms with Gasteiger partial charge in [0.25, 0.3) is 20.0 Å². The standard InChI is InChI=1S/C28H23ClF3N3O6S2/c1-41-26-10-6-5-9-25(26)35(43(39,40)22-7-3-2-4-8-22)18-27(36)33-19-11-14-21(15-12-19)42(37,38)34-20-13-16-24(29)23(17-20)28(30,31)32/h2-17,34H,18H2,1H3,(H,33,36). The summed E-state index contributed by atoms with van der Waals surface area (Å²) in [6, 6.07) is 21.1. The maximum absolute atomic E-state index is 13.5. The smallest absolute Gasteiger partial charge is 0.417 e. The first-order valence-corrected chi connectivity index (χ1v) is 15.5. The van der Waals surface area contributed by atoms with Crippen LogP contribution in [0.4, 0.5) is 30.2 Å². The van der Waals surface area contributed by atoms with E-state index in [4.69, 9.17) is 16.3 Å². The molecule has 0 aliphatic heterocycles. The monoisotopic (exact) mass is 653 g/mol. The summed E-state index contributed by atoms with van der Waals surface area (Å²) in [7, 11) is -7.18. The maximum atomic E-state index is 13.5. The van der Waals surface area contributed by atoms with E-state index in [0.717, 1.165) is 28.6 Å². The molecule has 15 heteroatoms. The molecule has 1 amide bonds. The molecule has 4 aromatic carbocycles. The normalized spacial score (nSPS) is 11.9. The zero-order chi connectivity index (χ0) is 31.4. The highest BCUT2D eigenvalue weighted by atomic mass is 35.5. The lowest BCUT2D eigenvalue weighted by Gasteiger charge is -2.25. The van der Waals surface area contributed by atoms with Crippen molar-refractivity contribution in [2.45, 2.75) is 16.0 Å². The van der Waals surface area contributed by atoms with E-state index >= 15 is 0 Å². The number of hydrogen-bond donors (Lipinski definition) is 2. The van der Waals surface area contributed by atoms with Crippen molar-refractivity contribution < 1.29 is 39.5 Å². The minimum absolute atomic E-state index is 0.0567. The van der Waals surface area contributed by atoms with E-state index in [1.807, 2.05) is 0 Å². The second-order valence-electron chi connectivity index (χ2n) is 8.87. The number of alkyl halides is 3. The van der Waals surface area contributed by atoms with Crippen molar-refractivity contribution in [2.75, 3.05) is 28.0 Å². The zero-order valence-corrected chi connectivity index (χ0v) is 24.6. The largest absolute Gasteiger partial charge is 0.495 e. The Labute approximate surface area is 251 Å². The molecule has 43 heavy (non-hydrogen) atoms. The Kier molecular flexibility index (Phi) is 9.23. The van der Waals surface area contributed by atoms with Crippen LogP contribution in [0.3, 0.4) is 0 Å². The van der Waals surface area contributed by atoms with Gasteiger partial charge in [0.2, 0.25) is 5.91 Å². The number of benzene rings is 4. The van der Waals surface area contributed by atoms with Crippen LogP contribution in [0.15, 0.2) is 107 Å². The molecule has 226 valence electrons. The van der Waals surface area contributed by atoms with Crippen LogP contribution >= 0.6 is 11.6 Å². The third kappa shape index (κ3) is 7.39. The van der Waals surface area contributed by atoms with Crippen molar-refractivity contribution in [1.82, 2.24) is 0 Å². The number of anilines is 3. The summed E-state index contributed by atoms with van der Waals surface area (Å²) in [5, 5.41) is 1.93. The number of nitrogens with zero attached hydrogens (tertiary/aromatic N) is 1. The van der Waals surface area contributed by atoms with Crippen LogP contribution in [-0.4, -0.2) is 36.4 Å². The van der Waals surface area contributed by atoms with E-state index in [1.165, 1.54) is 37.4 Å². The second-order valence-corrected chi connectivity index (χ2v) is 12.8. The summed E-state index contributed by atoms with van der Waals surface area (Å²) in [5.74, 6) is -0.542. The number of para-hydroxylation sites is 2. The van der Waals surface area contributed by atoms with E-state index in [0.29, 0.717) is 6.07 Å². The van der Waals surface area contributed by atoms with Crippen molar-refractivity contribution >= 4 is 54.6 Å². The van der Waals surface area contributed by atoms with Gasteiger partial charge in [0.1, 0.15) is 12.3 Å². The number of sulfonamides is 2. The van der Waals surface area contributed by atoms with Gasteiger partial charge in [-0.15, -0.1) is 0 Å². The molecule has 2 N–H and O–H groups in total. The summed E-state index contributed by atoms with van der Waals surface area (Å²) in [6.45, 7) is -0.655. The molecule has 0 fully saturated rings. The Morgan fingerprint density at radius 1 is 0.837 bits per heavy atom. The lowest BCUT2D eigenvalue weighted by molar-refractivity contribution is -0.137. The molecule has 0 spiro atoms. The fraction of sp³-hybridized carbons (Fsp3) is 0.107. The van der Waals surface area contributed by atoms with Crippen molar-refractivity contribution in [3.05, 3.63) is 108 Å². The van der Waals surface area contributed by atoms with Gasteiger partial charge in [0, 0.05) is 11.4 Å². The molecule has 0 aliphatic rings. The highest BCUT2D eigenvalue weighted by Crippen LogP contribution is 2.37. The first kappa shape index (κ1) is 31.7. The fourth-order valence-electron chi connectivity index (χ4n) is 3.92. The Morgan fingerprint density at radius 3 is 2.07 bits per heavy atom. The van der Waals surface area contributed by atoms with E-state index in [2.05, 4.69) is 10.0 Å². The van der Waals surface area contributed by atoms with Crippen molar-refractivity contribution in [1.29, 1.82) is 0 Å². The molecule has 0 saturated heterocycles. The van der Waals surface area contributed by atoms with E-state index < -0.39 is 49.3 Å². The van der Waals surface area contributed by atoms with Gasteiger partial charge < -0.3 is 10.1 Å². The maximum Gasteiger partial charge on any atom is 0.417 e. The minimum Gasteiger partial charge on any atom is -0.495 e. The number of nitrogens with one attached hydrogen (secondary N) is 2. The second kappa shape index (κ2) is 12.5. The van der Waals surface area contributed by atoms with Crippen LogP contribution in [0.1, 0.15) is 5.56 Å². The minimum atomic E-state index is -4.79. The average Bonchev–Trinajstić information content (AvgIpc) is 2.97. The lowest BCUT2D eigenvalue weighted by Crippen LogP contribution is -2.38. The molecule has 0 bridgehead atoms. The van der Waals surface area contributed by atoms with Crippen LogP contribution in [0.25, 0.3) is 0 Å². The van der Waals surface area contributed by atoms with Crippen molar-refractivity contribution in [3.63, 3.8) is 0 Å². The summed E-state index contributed by atoms with van der Waals surface area (Å²) in [6.07, 6.45) is -4.79. The molecule has 0 aliphatic carbocycles. The third-order valence-electron chi connectivity index (χ3n) is 5.94. The summed E-state index contributed by atoms with van der Waals surface area (Å²) >= 11 is 5.59. The van der Waals surface area contributed by atoms with Gasteiger partial charge in [0.15, 0.2) is 0 Å². The number of carbonyl (C=O) groups is 1. The van der Waals surface area contributed by atoms with E-state index in [-0.39, 0.29) is 32.6 Å². The molecule has 0 radical (unpaired) electrons. The van der Waals surface area contributed by atoms with Gasteiger partial charge in [-0.2, -0.15) is 13.2 Å². The van der Waals surface area contributed by atoms with E-state index in [9.17, 15) is 34.8 Å². The van der Waals surface area contributed by atoms with Crippen molar-refractivity contribution in [2.24, 2.45) is 0 Å². The topological polar surface area (TPSA) is 122 Å². The van der Waals surface area contributed by atoms with Gasteiger partial charge in [-0.1, -0.05) is 41.9 Å². The van der Waals surface area contributed by atoms with Crippen molar-refractivity contribution in [3.8, 4) is 5.75 Å². The molecule has 0 heterocycles. The van der Waals surface area contributed by atoms with E-state index in [1.54, 1.807) is 36.4 Å². The molecule has 9 nitrogen and oxygen atoms in total. The van der Waals surface area contributed by atoms with Gasteiger partial charge in [0.05, 0.1) is 33.2 Å². The van der Waals surface area contributed by atoms with Crippen LogP contribution in [0.2, 0.25) is 5.02 Å². The Balaban J connectivity index is 1.54. The van der Waals surface area contributed by atoms with Gasteiger partial charge >= 0.3 is 6.18 Å². The molecular weight excluding hydrogens is 631 g/mol. The van der Waals surface area contributed by atoms with Gasteiger partial charge in [-0.25, -0.2) is 16.8 Å².